The average Bonchev–Trinajstić information content (AvgIpc) is 3.39. The number of fused-ring (bicyclic) bond motifs is 1. The maximum absolute atomic E-state index is 12.9. The quantitative estimate of drug-likeness (QED) is 0.336. The van der Waals surface area contributed by atoms with E-state index in [0.29, 0.717) is 34.7 Å². The van der Waals surface area contributed by atoms with Gasteiger partial charge in [-0.15, -0.1) is 0 Å². The van der Waals surface area contributed by atoms with Crippen molar-refractivity contribution in [2.45, 2.75) is 19.6 Å². The third-order valence-corrected chi connectivity index (χ3v) is 4.87. The van der Waals surface area contributed by atoms with E-state index in [0.717, 1.165) is 5.56 Å². The van der Waals surface area contributed by atoms with Crippen molar-refractivity contribution in [3.05, 3.63) is 42.1 Å². The molecule has 4 aromatic rings. The summed E-state index contributed by atoms with van der Waals surface area (Å²) < 4.78 is 6.57. The summed E-state index contributed by atoms with van der Waals surface area (Å²) in [5.74, 6) is 0.103. The van der Waals surface area contributed by atoms with E-state index in [1.165, 1.54) is 6.20 Å². The van der Waals surface area contributed by atoms with Crippen LogP contribution in [0.2, 0.25) is 0 Å². The number of benzene rings is 1. The summed E-state index contributed by atoms with van der Waals surface area (Å²) >= 11 is 0. The fraction of sp³-hybridized carbons (Fsp3) is 0.250. The van der Waals surface area contributed by atoms with Gasteiger partial charge < -0.3 is 26.5 Å². The van der Waals surface area contributed by atoms with Gasteiger partial charge in [-0.25, -0.2) is 9.61 Å². The Hall–Kier alpha value is -3.83. The van der Waals surface area contributed by atoms with Crippen LogP contribution in [0.5, 0.6) is 0 Å². The lowest BCUT2D eigenvalue weighted by Crippen LogP contribution is -2.36. The molecule has 3 aromatic heterocycles. The monoisotopic (exact) mass is 422 g/mol. The lowest BCUT2D eigenvalue weighted by molar-refractivity contribution is 0.0921. The van der Waals surface area contributed by atoms with Gasteiger partial charge >= 0.3 is 0 Å². The molecule has 1 aromatic carbocycles. The van der Waals surface area contributed by atoms with Crippen LogP contribution >= 0.6 is 0 Å². The fourth-order valence-electron chi connectivity index (χ4n) is 3.34. The zero-order valence-electron chi connectivity index (χ0n) is 16.8. The van der Waals surface area contributed by atoms with Crippen LogP contribution in [0.1, 0.15) is 17.3 Å². The second-order valence-electron chi connectivity index (χ2n) is 6.86. The van der Waals surface area contributed by atoms with Crippen LogP contribution in [0.4, 0.5) is 5.82 Å². The number of aliphatic hydroxyl groups is 1. The molecule has 160 valence electrons. The van der Waals surface area contributed by atoms with Gasteiger partial charge in [0.1, 0.15) is 5.52 Å². The molecule has 0 saturated carbocycles. The standard InChI is InChI=1S/C20H22N8O3/c1-2-28-17-13(20(30)24-9-12(29)8-21)10-23-14(11-6-4-3-5-7-11)15(17)25-19(28)16-18(22)27-31-26-16/h3-7,10,12,29H,2,8-9,21H2,1H3,(H2,22,27)(H,24,30). The van der Waals surface area contributed by atoms with Crippen molar-refractivity contribution in [3.8, 4) is 22.8 Å². The zero-order chi connectivity index (χ0) is 22.0. The number of carbonyl (C=O) groups excluding carboxylic acids is 1. The van der Waals surface area contributed by atoms with Crippen LogP contribution in [0.25, 0.3) is 33.8 Å². The van der Waals surface area contributed by atoms with Gasteiger partial charge in [0.05, 0.1) is 22.9 Å². The third-order valence-electron chi connectivity index (χ3n) is 4.87. The van der Waals surface area contributed by atoms with Crippen LogP contribution in [0.3, 0.4) is 0 Å². The van der Waals surface area contributed by atoms with Crippen molar-refractivity contribution >= 4 is 22.8 Å². The minimum absolute atomic E-state index is 0.0184. The molecule has 0 aliphatic heterocycles. The topological polar surface area (TPSA) is 171 Å². The molecule has 0 radical (unpaired) electrons. The van der Waals surface area contributed by atoms with Crippen molar-refractivity contribution in [2.75, 3.05) is 18.8 Å². The first-order valence-electron chi connectivity index (χ1n) is 9.74. The lowest BCUT2D eigenvalue weighted by Gasteiger charge is -2.12. The molecule has 6 N–H and O–H groups in total. The number of nitrogens with zero attached hydrogens (tertiary/aromatic N) is 5. The van der Waals surface area contributed by atoms with Crippen LogP contribution in [0, 0.1) is 0 Å². The van der Waals surface area contributed by atoms with Gasteiger partial charge in [-0.1, -0.05) is 30.3 Å². The van der Waals surface area contributed by atoms with Gasteiger partial charge in [0.15, 0.2) is 17.3 Å². The van der Waals surface area contributed by atoms with Gasteiger partial charge in [0.2, 0.25) is 0 Å². The predicted molar refractivity (Wildman–Crippen MR) is 114 cm³/mol. The van der Waals surface area contributed by atoms with E-state index in [1.54, 1.807) is 0 Å². The summed E-state index contributed by atoms with van der Waals surface area (Å²) in [6.45, 7) is 2.44. The molecule has 11 heteroatoms. The zero-order valence-corrected chi connectivity index (χ0v) is 16.8. The number of anilines is 1. The molecule has 0 aliphatic rings. The highest BCUT2D eigenvalue weighted by atomic mass is 16.6. The number of imidazole rings is 1. The van der Waals surface area contributed by atoms with E-state index >= 15 is 0 Å². The number of nitrogens with one attached hydrogen (secondary N) is 1. The highest BCUT2D eigenvalue weighted by Gasteiger charge is 2.25. The summed E-state index contributed by atoms with van der Waals surface area (Å²) in [4.78, 5) is 22.2. The molecule has 0 fully saturated rings. The van der Waals surface area contributed by atoms with Crippen LogP contribution in [-0.4, -0.2) is 55.1 Å². The van der Waals surface area contributed by atoms with E-state index < -0.39 is 12.0 Å². The first-order chi connectivity index (χ1) is 15.0. The van der Waals surface area contributed by atoms with Gasteiger partial charge in [-0.05, 0) is 17.2 Å². The molecular weight excluding hydrogens is 400 g/mol. The van der Waals surface area contributed by atoms with E-state index in [4.69, 9.17) is 21.1 Å². The Morgan fingerprint density at radius 1 is 1.26 bits per heavy atom. The number of aryl methyl sites for hydroxylation is 1. The molecular formula is C20H22N8O3. The first kappa shape index (κ1) is 20.4. The number of carbonyl (C=O) groups is 1. The Balaban J connectivity index is 1.94. The summed E-state index contributed by atoms with van der Waals surface area (Å²) in [5, 5.41) is 19.9. The molecule has 0 bridgehead atoms. The van der Waals surface area contributed by atoms with Crippen molar-refractivity contribution in [1.29, 1.82) is 0 Å². The molecule has 4 rings (SSSR count). The number of nitrogen functional groups attached to an aromatic ring is 1. The fourth-order valence-corrected chi connectivity index (χ4v) is 3.34. The number of rotatable bonds is 7. The third kappa shape index (κ3) is 3.71. The van der Waals surface area contributed by atoms with Gasteiger partial charge in [-0.2, -0.15) is 0 Å². The van der Waals surface area contributed by atoms with Crippen molar-refractivity contribution in [3.63, 3.8) is 0 Å². The normalized spacial score (nSPS) is 12.2. The Labute approximate surface area is 177 Å². The largest absolute Gasteiger partial charge is 0.390 e. The molecule has 1 amide bonds. The molecule has 0 saturated heterocycles. The number of hydrogen-bond donors (Lipinski definition) is 4. The first-order valence-corrected chi connectivity index (χ1v) is 9.74. The highest BCUT2D eigenvalue weighted by Crippen LogP contribution is 2.33. The number of aromatic nitrogens is 5. The minimum Gasteiger partial charge on any atom is -0.390 e. The molecule has 0 spiro atoms. The number of aliphatic hydroxyl groups excluding tert-OH is 1. The summed E-state index contributed by atoms with van der Waals surface area (Å²) in [6.07, 6.45) is 0.653. The van der Waals surface area contributed by atoms with Gasteiger partial charge in [-0.3, -0.25) is 9.78 Å². The summed E-state index contributed by atoms with van der Waals surface area (Å²) in [6, 6.07) is 9.53. The number of amides is 1. The van der Waals surface area contributed by atoms with E-state index in [9.17, 15) is 9.90 Å². The number of hydrogen-bond acceptors (Lipinski definition) is 9. The second kappa shape index (κ2) is 8.50. The van der Waals surface area contributed by atoms with E-state index in [1.807, 2.05) is 41.8 Å². The molecule has 31 heavy (non-hydrogen) atoms. The highest BCUT2D eigenvalue weighted by molar-refractivity contribution is 6.08. The van der Waals surface area contributed by atoms with Gasteiger partial charge in [0.25, 0.3) is 5.91 Å². The Morgan fingerprint density at radius 2 is 2.03 bits per heavy atom. The minimum atomic E-state index is -0.844. The molecule has 0 aliphatic carbocycles. The van der Waals surface area contributed by atoms with Crippen LogP contribution in [-0.2, 0) is 6.54 Å². The molecule has 11 nitrogen and oxygen atoms in total. The van der Waals surface area contributed by atoms with E-state index in [-0.39, 0.29) is 24.6 Å². The van der Waals surface area contributed by atoms with Crippen molar-refractivity contribution in [2.24, 2.45) is 5.73 Å². The Bertz CT molecular complexity index is 1220. The molecule has 3 heterocycles. The number of nitrogens with two attached hydrogens (primary N) is 2. The smallest absolute Gasteiger partial charge is 0.255 e. The van der Waals surface area contributed by atoms with Crippen LogP contribution in [0.15, 0.2) is 41.2 Å². The van der Waals surface area contributed by atoms with Crippen LogP contribution < -0.4 is 16.8 Å². The maximum atomic E-state index is 12.9. The van der Waals surface area contributed by atoms with Gasteiger partial charge in [0, 0.05) is 31.4 Å². The Morgan fingerprint density at radius 3 is 2.68 bits per heavy atom. The average molecular weight is 422 g/mol. The predicted octanol–water partition coefficient (Wildman–Crippen LogP) is 0.800. The summed E-state index contributed by atoms with van der Waals surface area (Å²) in [7, 11) is 0. The number of pyridine rings is 1. The summed E-state index contributed by atoms with van der Waals surface area (Å²) in [5.41, 5.74) is 14.4. The second-order valence-corrected chi connectivity index (χ2v) is 6.86. The molecule has 1 atom stereocenters. The van der Waals surface area contributed by atoms with Crippen molar-refractivity contribution < 1.29 is 14.5 Å². The Kier molecular flexibility index (Phi) is 5.60. The lowest BCUT2D eigenvalue weighted by atomic mass is 10.1. The SMILES string of the molecule is CCn1c(-c2nonc2N)nc2c(-c3ccccc3)ncc(C(=O)NCC(O)CN)c21. The van der Waals surface area contributed by atoms with Crippen molar-refractivity contribution in [1.82, 2.24) is 30.2 Å². The molecule has 1 unspecified atom stereocenters. The maximum Gasteiger partial charge on any atom is 0.255 e. The van der Waals surface area contributed by atoms with E-state index in [2.05, 4.69) is 20.6 Å².